The van der Waals surface area contributed by atoms with Gasteiger partial charge in [0.25, 0.3) is 0 Å². The number of ether oxygens (including phenoxy) is 10. The Morgan fingerprint density at radius 3 is 1.40 bits per heavy atom. The Morgan fingerprint density at radius 2 is 0.843 bits per heavy atom. The van der Waals surface area contributed by atoms with Gasteiger partial charge in [-0.05, 0) is 39.5 Å². The molecule has 15 N–H and O–H groups in total. The van der Waals surface area contributed by atoms with E-state index in [9.17, 15) is 81.1 Å². The number of carbonyl (C=O) groups is 2. The molecule has 5 fully saturated rings. The standard InChI is InChI=1S/C43H75NO26/c1-17-24(50)28(54)31(57)39(62-17)68-36-27(53)21(15-46)64-41(33(36)59)67-35-22(16-47)66-42(34(60)37(35)69-40-32(58)29(55)25(51)18(2)63-40)70-38-30(56)26(52)20(14-45)65-43(38)61-13-9-5-4-6-10-19(48)11-7-8-12-23(49)44-3/h17-18,20-22,24-43,45-47,50-60H,4-16H2,1-3H3,(H,44,49)/t17?,18?,20?,21?,22?,24-,25-,26+,27+,28?,29?,30-,31-,32-,33?,34?,35+,36-,37+,38?,39-,40-,41-,42+,43-/m0/s1. The van der Waals surface area contributed by atoms with Crippen molar-refractivity contribution >= 4 is 11.7 Å². The van der Waals surface area contributed by atoms with Crippen LogP contribution >= 0.6 is 0 Å². The molecule has 408 valence electrons. The molecule has 0 aliphatic carbocycles. The molecule has 10 unspecified atom stereocenters. The molecule has 5 aliphatic rings. The van der Waals surface area contributed by atoms with E-state index in [1.165, 1.54) is 13.8 Å². The van der Waals surface area contributed by atoms with Crippen molar-refractivity contribution in [1.29, 1.82) is 0 Å². The smallest absolute Gasteiger partial charge is 0.219 e. The predicted octanol–water partition coefficient (Wildman–Crippen LogP) is -7.02. The first-order chi connectivity index (χ1) is 33.3. The number of aliphatic hydroxyl groups is 14. The molecular weight excluding hydrogens is 946 g/mol. The summed E-state index contributed by atoms with van der Waals surface area (Å²) in [6.45, 7) is -0.00464. The van der Waals surface area contributed by atoms with E-state index in [2.05, 4.69) is 5.32 Å². The number of hydrogen-bond acceptors (Lipinski definition) is 26. The monoisotopic (exact) mass is 1020 g/mol. The molecule has 5 heterocycles. The molecule has 0 bridgehead atoms. The molecule has 0 radical (unpaired) electrons. The van der Waals surface area contributed by atoms with Crippen LogP contribution in [0.2, 0.25) is 0 Å². The van der Waals surface area contributed by atoms with Crippen LogP contribution < -0.4 is 5.32 Å². The summed E-state index contributed by atoms with van der Waals surface area (Å²) >= 11 is 0. The second-order valence-electron chi connectivity index (χ2n) is 18.3. The molecule has 0 aromatic heterocycles. The highest BCUT2D eigenvalue weighted by atomic mass is 16.8. The van der Waals surface area contributed by atoms with Gasteiger partial charge in [-0.3, -0.25) is 9.59 Å². The Kier molecular flexibility index (Phi) is 23.3. The van der Waals surface area contributed by atoms with Crippen LogP contribution in [0.25, 0.3) is 0 Å². The van der Waals surface area contributed by atoms with E-state index >= 15 is 0 Å². The fourth-order valence-electron chi connectivity index (χ4n) is 8.84. The number of aliphatic hydroxyl groups excluding tert-OH is 14. The molecule has 25 atom stereocenters. The average molecular weight is 1020 g/mol. The lowest BCUT2D eigenvalue weighted by Gasteiger charge is -2.50. The van der Waals surface area contributed by atoms with Crippen molar-refractivity contribution in [1.82, 2.24) is 5.32 Å². The lowest BCUT2D eigenvalue weighted by molar-refractivity contribution is -0.406. The summed E-state index contributed by atoms with van der Waals surface area (Å²) in [5.41, 5.74) is 0. The van der Waals surface area contributed by atoms with E-state index in [4.69, 9.17) is 47.4 Å². The van der Waals surface area contributed by atoms with Crippen molar-refractivity contribution < 1.29 is 128 Å². The Bertz CT molecular complexity index is 1570. The topological polar surface area (TPSA) is 422 Å². The normalized spacial score (nSPS) is 44.8. The van der Waals surface area contributed by atoms with Gasteiger partial charge in [0, 0.05) is 32.9 Å². The Balaban J connectivity index is 1.31. The molecule has 5 aliphatic heterocycles. The first-order valence-corrected chi connectivity index (χ1v) is 23.8. The predicted molar refractivity (Wildman–Crippen MR) is 228 cm³/mol. The van der Waals surface area contributed by atoms with E-state index in [1.807, 2.05) is 0 Å². The second kappa shape index (κ2) is 27.6. The van der Waals surface area contributed by atoms with Crippen molar-refractivity contribution in [2.24, 2.45) is 0 Å². The molecule has 5 rings (SSSR count). The number of amides is 1. The number of ketones is 1. The first-order valence-electron chi connectivity index (χ1n) is 23.8. The number of hydrogen-bond donors (Lipinski definition) is 15. The van der Waals surface area contributed by atoms with Crippen LogP contribution in [0.4, 0.5) is 0 Å². The van der Waals surface area contributed by atoms with E-state index < -0.39 is 173 Å². The molecular formula is C43H75NO26. The van der Waals surface area contributed by atoms with Crippen LogP contribution in [0.15, 0.2) is 0 Å². The van der Waals surface area contributed by atoms with Crippen LogP contribution in [0, 0.1) is 0 Å². The molecule has 27 nitrogen and oxygen atoms in total. The van der Waals surface area contributed by atoms with Gasteiger partial charge in [-0.15, -0.1) is 0 Å². The summed E-state index contributed by atoms with van der Waals surface area (Å²) in [6, 6.07) is 0. The molecule has 27 heteroatoms. The van der Waals surface area contributed by atoms with Crippen LogP contribution in [0.5, 0.6) is 0 Å². The van der Waals surface area contributed by atoms with Gasteiger partial charge >= 0.3 is 0 Å². The Labute approximate surface area is 403 Å². The van der Waals surface area contributed by atoms with E-state index in [1.54, 1.807) is 7.05 Å². The minimum Gasteiger partial charge on any atom is -0.394 e. The average Bonchev–Trinajstić information content (AvgIpc) is 3.34. The van der Waals surface area contributed by atoms with Crippen molar-refractivity contribution in [3.8, 4) is 0 Å². The van der Waals surface area contributed by atoms with E-state index in [-0.39, 0.29) is 18.3 Å². The summed E-state index contributed by atoms with van der Waals surface area (Å²) in [7, 11) is 1.55. The third-order valence-electron chi connectivity index (χ3n) is 13.2. The first kappa shape index (κ1) is 59.1. The number of carbonyl (C=O) groups excluding carboxylic acids is 2. The van der Waals surface area contributed by atoms with Gasteiger partial charge < -0.3 is 124 Å². The quantitative estimate of drug-likeness (QED) is 0.0400. The molecule has 0 spiro atoms. The van der Waals surface area contributed by atoms with Crippen LogP contribution in [-0.2, 0) is 57.0 Å². The maximum Gasteiger partial charge on any atom is 0.219 e. The van der Waals surface area contributed by atoms with Crippen LogP contribution in [0.3, 0.4) is 0 Å². The molecule has 0 saturated carbocycles. The van der Waals surface area contributed by atoms with Gasteiger partial charge in [-0.1, -0.05) is 12.8 Å². The zero-order valence-electron chi connectivity index (χ0n) is 39.3. The van der Waals surface area contributed by atoms with Crippen molar-refractivity contribution in [3.63, 3.8) is 0 Å². The molecule has 0 aromatic rings. The summed E-state index contributed by atoms with van der Waals surface area (Å²) < 4.78 is 58.3. The van der Waals surface area contributed by atoms with Crippen molar-refractivity contribution in [2.45, 2.75) is 225 Å². The third-order valence-corrected chi connectivity index (χ3v) is 13.2. The highest BCUT2D eigenvalue weighted by Crippen LogP contribution is 2.37. The van der Waals surface area contributed by atoms with Crippen molar-refractivity contribution in [3.05, 3.63) is 0 Å². The van der Waals surface area contributed by atoms with Gasteiger partial charge in [-0.25, -0.2) is 0 Å². The largest absolute Gasteiger partial charge is 0.394 e. The van der Waals surface area contributed by atoms with Crippen LogP contribution in [-0.4, -0.2) is 270 Å². The fourth-order valence-corrected chi connectivity index (χ4v) is 8.84. The number of rotatable bonds is 24. The second-order valence-corrected chi connectivity index (χ2v) is 18.3. The van der Waals surface area contributed by atoms with Gasteiger partial charge in [0.1, 0.15) is 116 Å². The van der Waals surface area contributed by atoms with Gasteiger partial charge in [0.15, 0.2) is 31.5 Å². The lowest BCUT2D eigenvalue weighted by Crippen LogP contribution is -2.69. The number of unbranched alkanes of at least 4 members (excludes halogenated alkanes) is 4. The highest BCUT2D eigenvalue weighted by molar-refractivity contribution is 5.78. The van der Waals surface area contributed by atoms with Gasteiger partial charge in [0.2, 0.25) is 5.91 Å². The highest BCUT2D eigenvalue weighted by Gasteiger charge is 2.57. The fraction of sp³-hybridized carbons (Fsp3) is 0.953. The van der Waals surface area contributed by atoms with Gasteiger partial charge in [0.05, 0.1) is 32.0 Å². The summed E-state index contributed by atoms with van der Waals surface area (Å²) in [5, 5.41) is 153. The zero-order chi connectivity index (χ0) is 51.6. The molecule has 1 amide bonds. The molecule has 0 aromatic carbocycles. The van der Waals surface area contributed by atoms with Gasteiger partial charge in [-0.2, -0.15) is 0 Å². The number of nitrogens with one attached hydrogen (secondary N) is 1. The SMILES string of the molecule is CNC(=O)CCCCC(=O)CCCCCCO[C@H]1OC(CO)[C@@H](O)[C@H](O)C1O[C@H]1OC(CO)[C@@H](O[C@@H]2OC(CO)[C@@H](O)[C@H](O[C@@H]3OC(C)[C@H](O)C(O)[C@@H]3O)C2O)[C@H](O[C@@H]2OC(C)[C@H](O)C(O)[C@@H]2O)C1O. The van der Waals surface area contributed by atoms with E-state index in [0.29, 0.717) is 57.8 Å². The molecule has 5 saturated heterocycles. The van der Waals surface area contributed by atoms with Crippen molar-refractivity contribution in [2.75, 3.05) is 33.5 Å². The maximum absolute atomic E-state index is 12.3. The molecule has 70 heavy (non-hydrogen) atoms. The summed E-state index contributed by atoms with van der Waals surface area (Å²) in [6.07, 6.45) is -39.2. The third kappa shape index (κ3) is 14.5. The van der Waals surface area contributed by atoms with Crippen LogP contribution in [0.1, 0.15) is 71.6 Å². The minimum atomic E-state index is -2.13. The Morgan fingerprint density at radius 1 is 0.414 bits per heavy atom. The minimum absolute atomic E-state index is 0.0114. The summed E-state index contributed by atoms with van der Waals surface area (Å²) in [5.74, 6) is -0.00200. The van der Waals surface area contributed by atoms with E-state index in [0.717, 1.165) is 0 Å². The zero-order valence-corrected chi connectivity index (χ0v) is 39.3. The summed E-state index contributed by atoms with van der Waals surface area (Å²) in [4.78, 5) is 23.7. The number of Topliss-reactive ketones (excluding diaryl/α,β-unsaturated/α-hetero) is 1. The maximum atomic E-state index is 12.3. The lowest BCUT2D eigenvalue weighted by atomic mass is 9.95. The Hall–Kier alpha value is -1.82.